The molecule has 2 amide bonds. The summed E-state index contributed by atoms with van der Waals surface area (Å²) < 4.78 is 20.4. The number of aromatic amines is 1. The molecule has 0 saturated carbocycles. The maximum Gasteiger partial charge on any atom is 0.357 e. The van der Waals surface area contributed by atoms with E-state index in [9.17, 15) is 14.4 Å². The molecule has 0 spiro atoms. The van der Waals surface area contributed by atoms with E-state index in [2.05, 4.69) is 15.3 Å². The molecule has 0 radical (unpaired) electrons. The number of esters is 1. The molecular weight excluding hydrogens is 500 g/mol. The number of aryl methyl sites for hydroxylation is 1. The number of pyridine rings is 1. The minimum Gasteiger partial charge on any atom is -0.458 e. The average molecular weight is 528 g/mol. The Bertz CT molecular complexity index is 1140. The number of hydrogen-bond acceptors (Lipinski definition) is 6. The number of carbonyl (C=O) groups excluding carboxylic acids is 3. The number of halogens is 3. The van der Waals surface area contributed by atoms with Crippen LogP contribution in [0.5, 0.6) is 0 Å². The smallest absolute Gasteiger partial charge is 0.357 e. The van der Waals surface area contributed by atoms with Crippen molar-refractivity contribution >= 4 is 46.7 Å². The third-order valence-corrected chi connectivity index (χ3v) is 6.44. The molecule has 1 aliphatic heterocycles. The van der Waals surface area contributed by atoms with Crippen LogP contribution in [0.15, 0.2) is 12.1 Å². The molecule has 35 heavy (non-hydrogen) atoms. The molecule has 9 nitrogen and oxygen atoms in total. The first-order chi connectivity index (χ1) is 16.4. The fourth-order valence-electron chi connectivity index (χ4n) is 3.69. The van der Waals surface area contributed by atoms with Crippen LogP contribution in [0.3, 0.4) is 0 Å². The first-order valence-electron chi connectivity index (χ1n) is 11.1. The third kappa shape index (κ3) is 6.05. The molecule has 1 aliphatic rings. The normalized spacial score (nSPS) is 17.9. The molecule has 190 valence electrons. The fourth-order valence-corrected chi connectivity index (χ4v) is 4.10. The predicted molar refractivity (Wildman–Crippen MR) is 131 cm³/mol. The van der Waals surface area contributed by atoms with E-state index in [4.69, 9.17) is 27.9 Å². The summed E-state index contributed by atoms with van der Waals surface area (Å²) in [5.74, 6) is -1.63. The molecule has 12 heteroatoms. The highest BCUT2D eigenvalue weighted by molar-refractivity contribution is 6.44. The number of rotatable bonds is 6. The lowest BCUT2D eigenvalue weighted by molar-refractivity contribution is 0.0370. The molecule has 2 aromatic rings. The minimum atomic E-state index is -1.43. The Morgan fingerprint density at radius 1 is 1.23 bits per heavy atom. The summed E-state index contributed by atoms with van der Waals surface area (Å²) in [5.41, 5.74) is 1.09. The number of hydrogen-bond donors (Lipinski definition) is 2. The van der Waals surface area contributed by atoms with Gasteiger partial charge in [0, 0.05) is 32.0 Å². The summed E-state index contributed by atoms with van der Waals surface area (Å²) in [4.78, 5) is 47.7. The van der Waals surface area contributed by atoms with Crippen molar-refractivity contribution in [1.82, 2.24) is 20.2 Å². The van der Waals surface area contributed by atoms with Gasteiger partial charge in [-0.1, -0.05) is 23.2 Å². The van der Waals surface area contributed by atoms with E-state index in [1.165, 1.54) is 17.0 Å². The van der Waals surface area contributed by atoms with E-state index >= 15 is 4.39 Å². The summed E-state index contributed by atoms with van der Waals surface area (Å²) in [6, 6.07) is 2.24. The van der Waals surface area contributed by atoms with E-state index in [0.717, 1.165) is 0 Å². The van der Waals surface area contributed by atoms with Crippen molar-refractivity contribution in [2.24, 2.45) is 0 Å². The molecule has 1 saturated heterocycles. The molecule has 3 rings (SSSR count). The van der Waals surface area contributed by atoms with Crippen LogP contribution in [-0.4, -0.2) is 78.2 Å². The van der Waals surface area contributed by atoms with Gasteiger partial charge in [0.25, 0.3) is 11.8 Å². The van der Waals surface area contributed by atoms with Gasteiger partial charge in [0.05, 0.1) is 28.7 Å². The summed E-state index contributed by atoms with van der Waals surface area (Å²) in [5, 5.41) is 3.01. The number of anilines is 1. The average Bonchev–Trinajstić information content (AvgIpc) is 3.06. The first-order valence-corrected chi connectivity index (χ1v) is 11.8. The van der Waals surface area contributed by atoms with Crippen molar-refractivity contribution < 1.29 is 23.5 Å². The molecule has 1 fully saturated rings. The van der Waals surface area contributed by atoms with Gasteiger partial charge in [-0.05, 0) is 39.3 Å². The highest BCUT2D eigenvalue weighted by Gasteiger charge is 2.33. The van der Waals surface area contributed by atoms with E-state index in [1.54, 1.807) is 39.8 Å². The minimum absolute atomic E-state index is 0.0409. The number of ether oxygens (including phenoxy) is 1. The monoisotopic (exact) mass is 527 g/mol. The summed E-state index contributed by atoms with van der Waals surface area (Å²) >= 11 is 12.1. The lowest BCUT2D eigenvalue weighted by Gasteiger charge is -2.36. The lowest BCUT2D eigenvalue weighted by Crippen LogP contribution is -2.52. The molecule has 2 N–H and O–H groups in total. The number of H-pyrrole nitrogens is 1. The molecule has 0 bridgehead atoms. The SMILES string of the molecule is Cc1[nH]c(C(=O)N[C@@H]2CCN(c3cc(C(=O)OC(C)C)nc(C(=O)N(C)C)c3)C[C@@H]2F)c(Cl)c1Cl. The van der Waals surface area contributed by atoms with Crippen molar-refractivity contribution in [3.8, 4) is 0 Å². The second-order valence-corrected chi connectivity index (χ2v) is 9.59. The Morgan fingerprint density at radius 3 is 2.43 bits per heavy atom. The van der Waals surface area contributed by atoms with Gasteiger partial charge in [-0.25, -0.2) is 14.2 Å². The van der Waals surface area contributed by atoms with Crippen LogP contribution in [0.25, 0.3) is 0 Å². The summed E-state index contributed by atoms with van der Waals surface area (Å²) in [6.45, 7) is 5.38. The van der Waals surface area contributed by atoms with Crippen molar-refractivity contribution in [2.45, 2.75) is 45.5 Å². The number of nitrogens with one attached hydrogen (secondary N) is 2. The zero-order valence-electron chi connectivity index (χ0n) is 20.1. The van der Waals surface area contributed by atoms with Crippen molar-refractivity contribution in [3.63, 3.8) is 0 Å². The number of amides is 2. The molecule has 2 aromatic heterocycles. The van der Waals surface area contributed by atoms with Crippen LogP contribution in [0.2, 0.25) is 10.0 Å². The van der Waals surface area contributed by atoms with Crippen LogP contribution in [0, 0.1) is 6.92 Å². The third-order valence-electron chi connectivity index (χ3n) is 5.49. The second kappa shape index (κ2) is 10.8. The maximum atomic E-state index is 15.2. The van der Waals surface area contributed by atoms with Gasteiger partial charge in [0.15, 0.2) is 5.69 Å². The lowest BCUT2D eigenvalue weighted by atomic mass is 10.0. The van der Waals surface area contributed by atoms with Gasteiger partial charge >= 0.3 is 5.97 Å². The molecule has 2 atom stereocenters. The molecule has 0 unspecified atom stereocenters. The van der Waals surface area contributed by atoms with Gasteiger partial charge in [0.1, 0.15) is 17.6 Å². The topological polar surface area (TPSA) is 108 Å². The predicted octanol–water partition coefficient (Wildman–Crippen LogP) is 3.64. The van der Waals surface area contributed by atoms with E-state index in [1.807, 2.05) is 0 Å². The zero-order valence-corrected chi connectivity index (χ0v) is 21.6. The zero-order chi connectivity index (χ0) is 26.0. The Kier molecular flexibility index (Phi) is 8.27. The van der Waals surface area contributed by atoms with Gasteiger partial charge in [0.2, 0.25) is 0 Å². The Morgan fingerprint density at radius 2 is 1.89 bits per heavy atom. The standard InChI is InChI=1S/C23H28Cl2FN5O4/c1-11(2)35-23(34)17-9-13(8-16(28-17)22(33)30(4)5)31-7-6-15(14(26)10-31)29-21(32)20-19(25)18(24)12(3)27-20/h8-9,11,14-15,27H,6-7,10H2,1-5H3,(H,29,32)/t14-,15+/m0/s1. The van der Waals surface area contributed by atoms with Crippen LogP contribution in [0.1, 0.15) is 57.4 Å². The highest BCUT2D eigenvalue weighted by Crippen LogP contribution is 2.30. The Labute approximate surface area is 212 Å². The fraction of sp³-hybridized carbons (Fsp3) is 0.478. The largest absolute Gasteiger partial charge is 0.458 e. The highest BCUT2D eigenvalue weighted by atomic mass is 35.5. The van der Waals surface area contributed by atoms with Crippen LogP contribution in [0.4, 0.5) is 10.1 Å². The second-order valence-electron chi connectivity index (χ2n) is 8.83. The number of carbonyl (C=O) groups is 3. The van der Waals surface area contributed by atoms with E-state index < -0.39 is 30.0 Å². The van der Waals surface area contributed by atoms with Crippen LogP contribution < -0.4 is 10.2 Å². The van der Waals surface area contributed by atoms with Gasteiger partial charge < -0.3 is 24.8 Å². The van der Waals surface area contributed by atoms with Crippen molar-refractivity contribution in [2.75, 3.05) is 32.1 Å². The van der Waals surface area contributed by atoms with Crippen molar-refractivity contribution in [3.05, 3.63) is 45.0 Å². The summed E-state index contributed by atoms with van der Waals surface area (Å²) in [6.07, 6.45) is -1.52. The van der Waals surface area contributed by atoms with E-state index in [-0.39, 0.29) is 46.2 Å². The Balaban J connectivity index is 1.79. The first kappa shape index (κ1) is 26.7. The molecule has 3 heterocycles. The van der Waals surface area contributed by atoms with Gasteiger partial charge in [-0.15, -0.1) is 0 Å². The molecule has 0 aliphatic carbocycles. The number of aromatic nitrogens is 2. The van der Waals surface area contributed by atoms with Gasteiger partial charge in [-0.2, -0.15) is 0 Å². The van der Waals surface area contributed by atoms with Gasteiger partial charge in [-0.3, -0.25) is 9.59 Å². The van der Waals surface area contributed by atoms with Crippen LogP contribution in [-0.2, 0) is 4.74 Å². The number of alkyl halides is 1. The summed E-state index contributed by atoms with van der Waals surface area (Å²) in [7, 11) is 3.14. The Hall–Kier alpha value is -2.85. The van der Waals surface area contributed by atoms with E-state index in [0.29, 0.717) is 17.9 Å². The molecule has 0 aromatic carbocycles. The molecular formula is C23H28Cl2FN5O4. The number of nitrogens with zero attached hydrogens (tertiary/aromatic N) is 3. The van der Waals surface area contributed by atoms with Crippen LogP contribution >= 0.6 is 23.2 Å². The maximum absolute atomic E-state index is 15.2. The van der Waals surface area contributed by atoms with Crippen molar-refractivity contribution in [1.29, 1.82) is 0 Å². The number of piperidine rings is 1. The quantitative estimate of drug-likeness (QED) is 0.555.